The number of hydrogen-bond acceptors (Lipinski definition) is 6. The lowest BCUT2D eigenvalue weighted by Gasteiger charge is -2.19. The number of hydrogen-bond donors (Lipinski definition) is 4. The fourth-order valence-electron chi connectivity index (χ4n) is 2.63. The van der Waals surface area contributed by atoms with Crippen molar-refractivity contribution < 1.29 is 9.47 Å². The first-order valence-corrected chi connectivity index (χ1v) is 8.63. The summed E-state index contributed by atoms with van der Waals surface area (Å²) in [6, 6.07) is 11.7. The molecule has 0 spiro atoms. The SMILES string of the molecule is CCC(c1ccc(OCS)c(N)c1)c1ccc(OCS)c(N)c1. The molecule has 0 saturated heterocycles. The Labute approximate surface area is 148 Å². The lowest BCUT2D eigenvalue weighted by molar-refractivity contribution is 0.396. The molecule has 0 aliphatic carbocycles. The molecular formula is C17H22N2O2S2. The zero-order valence-electron chi connectivity index (χ0n) is 13.0. The molecule has 0 aromatic heterocycles. The average Bonchev–Trinajstić information content (AvgIpc) is 2.53. The maximum Gasteiger partial charge on any atom is 0.143 e. The van der Waals surface area contributed by atoms with Crippen LogP contribution < -0.4 is 20.9 Å². The van der Waals surface area contributed by atoms with Crippen molar-refractivity contribution in [1.29, 1.82) is 0 Å². The van der Waals surface area contributed by atoms with Crippen molar-refractivity contribution in [1.82, 2.24) is 0 Å². The lowest BCUT2D eigenvalue weighted by Crippen LogP contribution is -2.04. The first kappa shape index (κ1) is 17.7. The maximum absolute atomic E-state index is 6.06. The van der Waals surface area contributed by atoms with Crippen molar-refractivity contribution in [3.8, 4) is 11.5 Å². The Morgan fingerprint density at radius 1 is 0.870 bits per heavy atom. The van der Waals surface area contributed by atoms with Gasteiger partial charge in [-0.3, -0.25) is 0 Å². The predicted octanol–water partition coefficient (Wildman–Crippen LogP) is 3.93. The molecule has 2 aromatic carbocycles. The fourth-order valence-corrected chi connectivity index (χ4v) is 2.91. The molecule has 0 fully saturated rings. The molecule has 0 aliphatic heterocycles. The Morgan fingerprint density at radius 2 is 1.30 bits per heavy atom. The molecule has 4 N–H and O–H groups in total. The largest absolute Gasteiger partial charge is 0.481 e. The van der Waals surface area contributed by atoms with Gasteiger partial charge in [-0.1, -0.05) is 19.1 Å². The third-order valence-electron chi connectivity index (χ3n) is 3.72. The van der Waals surface area contributed by atoms with Crippen LogP contribution in [-0.4, -0.2) is 11.9 Å². The van der Waals surface area contributed by atoms with E-state index in [2.05, 4.69) is 32.2 Å². The van der Waals surface area contributed by atoms with Crippen molar-refractivity contribution in [3.05, 3.63) is 47.5 Å². The van der Waals surface area contributed by atoms with Crippen molar-refractivity contribution in [2.45, 2.75) is 19.3 Å². The van der Waals surface area contributed by atoms with E-state index in [-0.39, 0.29) is 5.92 Å². The number of thiol groups is 2. The summed E-state index contributed by atoms with van der Waals surface area (Å²) in [5, 5.41) is 0. The summed E-state index contributed by atoms with van der Waals surface area (Å²) < 4.78 is 10.7. The van der Waals surface area contributed by atoms with Gasteiger partial charge in [-0.2, -0.15) is 0 Å². The topological polar surface area (TPSA) is 70.5 Å². The second-order valence-electron chi connectivity index (χ2n) is 5.10. The Bertz CT molecular complexity index is 610. The number of nitrogen functional groups attached to an aromatic ring is 2. The van der Waals surface area contributed by atoms with Crippen LogP contribution in [0, 0.1) is 0 Å². The van der Waals surface area contributed by atoms with Crippen LogP contribution >= 0.6 is 25.3 Å². The van der Waals surface area contributed by atoms with E-state index in [4.69, 9.17) is 20.9 Å². The number of ether oxygens (including phenoxy) is 2. The number of nitrogens with two attached hydrogens (primary N) is 2. The number of anilines is 2. The fraction of sp³-hybridized carbons (Fsp3) is 0.294. The Kier molecular flexibility index (Phi) is 6.36. The molecule has 0 bridgehead atoms. The number of benzene rings is 2. The predicted molar refractivity (Wildman–Crippen MR) is 103 cm³/mol. The average molecular weight is 351 g/mol. The van der Waals surface area contributed by atoms with Gasteiger partial charge in [0.05, 0.1) is 11.4 Å². The molecule has 2 rings (SSSR count). The molecule has 0 radical (unpaired) electrons. The van der Waals surface area contributed by atoms with Crippen LogP contribution in [0.5, 0.6) is 11.5 Å². The van der Waals surface area contributed by atoms with E-state index in [1.807, 2.05) is 36.4 Å². The lowest BCUT2D eigenvalue weighted by atomic mass is 9.88. The number of rotatable bonds is 7. The van der Waals surface area contributed by atoms with Crippen molar-refractivity contribution in [2.75, 3.05) is 23.3 Å². The first-order chi connectivity index (χ1) is 11.1. The van der Waals surface area contributed by atoms with Crippen molar-refractivity contribution >= 4 is 36.6 Å². The Balaban J connectivity index is 2.32. The molecule has 6 heteroatoms. The minimum absolute atomic E-state index is 0.203. The molecular weight excluding hydrogens is 328 g/mol. The minimum Gasteiger partial charge on any atom is -0.481 e. The van der Waals surface area contributed by atoms with Gasteiger partial charge in [0.25, 0.3) is 0 Å². The smallest absolute Gasteiger partial charge is 0.143 e. The Morgan fingerprint density at radius 3 is 1.61 bits per heavy atom. The van der Waals surface area contributed by atoms with Gasteiger partial charge in [0, 0.05) is 5.92 Å². The molecule has 124 valence electrons. The highest BCUT2D eigenvalue weighted by atomic mass is 32.1. The molecule has 2 aromatic rings. The zero-order valence-corrected chi connectivity index (χ0v) is 14.8. The van der Waals surface area contributed by atoms with Crippen LogP contribution in [-0.2, 0) is 0 Å². The molecule has 0 amide bonds. The highest BCUT2D eigenvalue weighted by Crippen LogP contribution is 2.35. The van der Waals surface area contributed by atoms with Gasteiger partial charge in [-0.05, 0) is 41.8 Å². The maximum atomic E-state index is 6.06. The standard InChI is InChI=1S/C17H22N2O2S2/c1-2-13(11-3-5-16(20-9-22)14(18)7-11)12-4-6-17(21-10-23)15(19)8-12/h3-8,13,22-23H,2,9-10,18-19H2,1H3. The third-order valence-corrected chi connectivity index (χ3v) is 3.98. The van der Waals surface area contributed by atoms with E-state index in [1.165, 1.54) is 0 Å². The van der Waals surface area contributed by atoms with E-state index >= 15 is 0 Å². The summed E-state index contributed by atoms with van der Waals surface area (Å²) in [6.45, 7) is 2.13. The van der Waals surface area contributed by atoms with Gasteiger partial charge in [-0.25, -0.2) is 0 Å². The van der Waals surface area contributed by atoms with Crippen LogP contribution in [0.4, 0.5) is 11.4 Å². The van der Waals surface area contributed by atoms with E-state index in [0.29, 0.717) is 34.8 Å². The van der Waals surface area contributed by atoms with Crippen LogP contribution in [0.1, 0.15) is 30.4 Å². The van der Waals surface area contributed by atoms with E-state index < -0.39 is 0 Å². The Hall–Kier alpha value is -1.66. The van der Waals surface area contributed by atoms with Crippen LogP contribution in [0.2, 0.25) is 0 Å². The summed E-state index contributed by atoms with van der Waals surface area (Å²) in [5.41, 5.74) is 15.6. The summed E-state index contributed by atoms with van der Waals surface area (Å²) >= 11 is 8.10. The van der Waals surface area contributed by atoms with Crippen LogP contribution in [0.3, 0.4) is 0 Å². The van der Waals surface area contributed by atoms with Gasteiger partial charge >= 0.3 is 0 Å². The zero-order chi connectivity index (χ0) is 16.8. The highest BCUT2D eigenvalue weighted by Gasteiger charge is 2.15. The van der Waals surface area contributed by atoms with Gasteiger partial charge in [0.1, 0.15) is 23.4 Å². The summed E-state index contributed by atoms with van der Waals surface area (Å²) in [4.78, 5) is 0. The minimum atomic E-state index is 0.203. The summed E-state index contributed by atoms with van der Waals surface area (Å²) in [7, 11) is 0. The molecule has 23 heavy (non-hydrogen) atoms. The van der Waals surface area contributed by atoms with Crippen molar-refractivity contribution in [2.24, 2.45) is 0 Å². The van der Waals surface area contributed by atoms with Gasteiger partial charge in [0.15, 0.2) is 0 Å². The second kappa shape index (κ2) is 8.26. The van der Waals surface area contributed by atoms with Gasteiger partial charge in [-0.15, -0.1) is 25.3 Å². The van der Waals surface area contributed by atoms with Crippen molar-refractivity contribution in [3.63, 3.8) is 0 Å². The van der Waals surface area contributed by atoms with E-state index in [1.54, 1.807) is 0 Å². The summed E-state index contributed by atoms with van der Waals surface area (Å²) in [6.07, 6.45) is 0.929. The quantitative estimate of drug-likeness (QED) is 0.347. The molecule has 4 nitrogen and oxygen atoms in total. The van der Waals surface area contributed by atoms with Crippen LogP contribution in [0.25, 0.3) is 0 Å². The highest BCUT2D eigenvalue weighted by molar-refractivity contribution is 7.80. The molecule has 0 saturated carbocycles. The normalized spacial score (nSPS) is 10.8. The third kappa shape index (κ3) is 4.20. The van der Waals surface area contributed by atoms with Gasteiger partial charge in [0.2, 0.25) is 0 Å². The first-order valence-electron chi connectivity index (χ1n) is 7.36. The molecule has 0 atom stereocenters. The monoisotopic (exact) mass is 350 g/mol. The molecule has 0 aliphatic rings. The summed E-state index contributed by atoms with van der Waals surface area (Å²) in [5.74, 6) is 2.09. The molecule has 0 heterocycles. The van der Waals surface area contributed by atoms with E-state index in [9.17, 15) is 0 Å². The van der Waals surface area contributed by atoms with E-state index in [0.717, 1.165) is 17.5 Å². The van der Waals surface area contributed by atoms with Crippen LogP contribution in [0.15, 0.2) is 36.4 Å². The molecule has 0 unspecified atom stereocenters. The second-order valence-corrected chi connectivity index (χ2v) is 5.62. The van der Waals surface area contributed by atoms with Gasteiger partial charge < -0.3 is 20.9 Å².